The molecule has 9 heteroatoms. The van der Waals surface area contributed by atoms with E-state index in [-0.39, 0.29) is 17.7 Å². The van der Waals surface area contributed by atoms with Gasteiger partial charge in [0.25, 0.3) is 5.92 Å². The number of hydrogen-bond acceptors (Lipinski definition) is 5. The number of nitrogens with two attached hydrogens (primary N) is 1. The topological polar surface area (TPSA) is 73.4 Å². The van der Waals surface area contributed by atoms with E-state index < -0.39 is 30.4 Å². The summed E-state index contributed by atoms with van der Waals surface area (Å²) in [5.41, 5.74) is 5.52. The van der Waals surface area contributed by atoms with Crippen molar-refractivity contribution in [2.75, 3.05) is 18.8 Å². The predicted molar refractivity (Wildman–Crippen MR) is 96.3 cm³/mol. The number of aromatic nitrogens is 2. The second-order valence-electron chi connectivity index (χ2n) is 7.32. The molecular formula is C19H21F3N4O2. The van der Waals surface area contributed by atoms with Crippen molar-refractivity contribution in [1.82, 2.24) is 14.5 Å². The zero-order chi connectivity index (χ0) is 19.9. The first-order valence-corrected chi connectivity index (χ1v) is 9.21. The molecule has 0 aliphatic carbocycles. The number of nitrogen functional groups attached to an aromatic ring is 1. The van der Waals surface area contributed by atoms with Crippen molar-refractivity contribution in [1.29, 1.82) is 0 Å². The molecule has 0 radical (unpaired) electrons. The van der Waals surface area contributed by atoms with E-state index in [0.717, 1.165) is 29.5 Å². The molecule has 4 rings (SSSR count). The summed E-state index contributed by atoms with van der Waals surface area (Å²) in [7, 11) is 0. The molecule has 2 N–H and O–H groups in total. The lowest BCUT2D eigenvalue weighted by Gasteiger charge is -2.27. The van der Waals surface area contributed by atoms with Crippen LogP contribution in [0, 0.1) is 5.82 Å². The van der Waals surface area contributed by atoms with E-state index in [0.29, 0.717) is 6.54 Å². The number of hydrogen-bond donors (Lipinski definition) is 1. The van der Waals surface area contributed by atoms with Crippen LogP contribution in [0.5, 0.6) is 0 Å². The Morgan fingerprint density at radius 3 is 2.71 bits per heavy atom. The van der Waals surface area contributed by atoms with Crippen LogP contribution in [0.4, 0.5) is 19.0 Å². The minimum Gasteiger partial charge on any atom is -0.383 e. The lowest BCUT2D eigenvalue weighted by atomic mass is 10.0. The Kier molecular flexibility index (Phi) is 4.88. The van der Waals surface area contributed by atoms with Crippen molar-refractivity contribution in [2.24, 2.45) is 0 Å². The van der Waals surface area contributed by atoms with Crippen LogP contribution >= 0.6 is 0 Å². The molecule has 3 heterocycles. The fourth-order valence-electron chi connectivity index (χ4n) is 4.08. The maximum atomic E-state index is 14.6. The molecule has 0 bridgehead atoms. The van der Waals surface area contributed by atoms with Gasteiger partial charge in [0.2, 0.25) is 6.23 Å². The van der Waals surface area contributed by atoms with E-state index in [2.05, 4.69) is 9.88 Å². The molecule has 28 heavy (non-hydrogen) atoms. The number of ether oxygens (including phenoxy) is 1. The van der Waals surface area contributed by atoms with Gasteiger partial charge in [-0.05, 0) is 43.1 Å². The summed E-state index contributed by atoms with van der Waals surface area (Å²) in [5.74, 6) is -3.53. The summed E-state index contributed by atoms with van der Waals surface area (Å²) >= 11 is 0. The lowest BCUT2D eigenvalue weighted by Crippen LogP contribution is -2.35. The van der Waals surface area contributed by atoms with Crippen LogP contribution in [0.2, 0.25) is 0 Å². The third-order valence-corrected chi connectivity index (χ3v) is 5.34. The second kappa shape index (κ2) is 7.21. The van der Waals surface area contributed by atoms with Crippen molar-refractivity contribution >= 4 is 5.82 Å². The molecule has 2 aliphatic heterocycles. The molecule has 1 aromatic heterocycles. The van der Waals surface area contributed by atoms with E-state index >= 15 is 0 Å². The molecule has 3 unspecified atom stereocenters. The van der Waals surface area contributed by atoms with Crippen molar-refractivity contribution < 1.29 is 17.9 Å². The largest absolute Gasteiger partial charge is 0.383 e. The van der Waals surface area contributed by atoms with Gasteiger partial charge in [0.15, 0.2) is 0 Å². The number of benzene rings is 1. The van der Waals surface area contributed by atoms with Crippen molar-refractivity contribution in [2.45, 2.75) is 43.6 Å². The Morgan fingerprint density at radius 2 is 2.00 bits per heavy atom. The van der Waals surface area contributed by atoms with E-state index in [9.17, 15) is 18.0 Å². The molecule has 1 aromatic carbocycles. The fraction of sp³-hybridized carbons (Fsp3) is 0.474. The first-order chi connectivity index (χ1) is 13.3. The van der Waals surface area contributed by atoms with Gasteiger partial charge in [-0.2, -0.15) is 4.98 Å². The van der Waals surface area contributed by atoms with Gasteiger partial charge in [0, 0.05) is 25.2 Å². The molecule has 2 saturated heterocycles. The highest BCUT2D eigenvalue weighted by atomic mass is 19.3. The van der Waals surface area contributed by atoms with Gasteiger partial charge in [-0.1, -0.05) is 12.1 Å². The zero-order valence-corrected chi connectivity index (χ0v) is 15.1. The fourth-order valence-corrected chi connectivity index (χ4v) is 4.08. The molecule has 3 atom stereocenters. The van der Waals surface area contributed by atoms with Gasteiger partial charge < -0.3 is 10.5 Å². The zero-order valence-electron chi connectivity index (χ0n) is 15.1. The van der Waals surface area contributed by atoms with E-state index in [1.54, 1.807) is 12.1 Å². The summed E-state index contributed by atoms with van der Waals surface area (Å²) in [6, 6.07) is 7.60. The molecule has 6 nitrogen and oxygen atoms in total. The van der Waals surface area contributed by atoms with Crippen molar-refractivity contribution in [3.05, 3.63) is 58.4 Å². The molecule has 2 aliphatic rings. The SMILES string of the molecule is Nc1ccn(C2OC(CN3CCCC3c3ccc(F)cc3)CC2(F)F)c(=O)n1. The molecule has 0 spiro atoms. The van der Waals surface area contributed by atoms with Crippen molar-refractivity contribution in [3.63, 3.8) is 0 Å². The number of likely N-dealkylation sites (tertiary alicyclic amines) is 1. The lowest BCUT2D eigenvalue weighted by molar-refractivity contribution is -0.119. The van der Waals surface area contributed by atoms with Gasteiger partial charge in [-0.3, -0.25) is 9.47 Å². The van der Waals surface area contributed by atoms with E-state index in [1.807, 2.05) is 0 Å². The molecule has 2 aromatic rings. The first kappa shape index (κ1) is 18.9. The highest BCUT2D eigenvalue weighted by Crippen LogP contribution is 2.43. The Labute approximate surface area is 159 Å². The molecule has 2 fully saturated rings. The maximum Gasteiger partial charge on any atom is 0.351 e. The number of anilines is 1. The predicted octanol–water partition coefficient (Wildman–Crippen LogP) is 2.72. The first-order valence-electron chi connectivity index (χ1n) is 9.21. The van der Waals surface area contributed by atoms with Crippen LogP contribution in [-0.2, 0) is 4.74 Å². The van der Waals surface area contributed by atoms with Gasteiger partial charge >= 0.3 is 5.69 Å². The average Bonchev–Trinajstić information content (AvgIpc) is 3.20. The van der Waals surface area contributed by atoms with Gasteiger partial charge in [0.1, 0.15) is 11.6 Å². The highest BCUT2D eigenvalue weighted by Gasteiger charge is 2.52. The summed E-state index contributed by atoms with van der Waals surface area (Å²) in [4.78, 5) is 17.5. The van der Waals surface area contributed by atoms with Gasteiger partial charge in [-0.25, -0.2) is 18.0 Å². The van der Waals surface area contributed by atoms with E-state index in [4.69, 9.17) is 10.5 Å². The third-order valence-electron chi connectivity index (χ3n) is 5.34. The number of alkyl halides is 2. The monoisotopic (exact) mass is 394 g/mol. The van der Waals surface area contributed by atoms with Crippen LogP contribution in [0.15, 0.2) is 41.3 Å². The van der Waals surface area contributed by atoms with Gasteiger partial charge in [-0.15, -0.1) is 0 Å². The number of nitrogens with zero attached hydrogens (tertiary/aromatic N) is 3. The highest BCUT2D eigenvalue weighted by molar-refractivity contribution is 5.24. The Morgan fingerprint density at radius 1 is 1.25 bits per heavy atom. The van der Waals surface area contributed by atoms with Crippen LogP contribution in [0.3, 0.4) is 0 Å². The summed E-state index contributed by atoms with van der Waals surface area (Å²) in [5, 5.41) is 0. The minimum atomic E-state index is -3.20. The van der Waals surface area contributed by atoms with Crippen LogP contribution in [-0.4, -0.2) is 39.6 Å². The Balaban J connectivity index is 1.49. The number of rotatable bonds is 4. The standard InChI is InChI=1S/C19H21F3N4O2/c20-13-5-3-12(4-6-13)15-2-1-8-25(15)11-14-10-19(21,22)17(28-14)26-9-7-16(23)24-18(26)27/h3-7,9,14-15,17H,1-2,8,10-11H2,(H2,23,24,27). The average molecular weight is 394 g/mol. The number of halogens is 3. The molecular weight excluding hydrogens is 373 g/mol. The maximum absolute atomic E-state index is 14.6. The van der Waals surface area contributed by atoms with Gasteiger partial charge in [0.05, 0.1) is 6.10 Å². The Hall–Kier alpha value is -2.39. The molecule has 0 saturated carbocycles. The van der Waals surface area contributed by atoms with Crippen LogP contribution < -0.4 is 11.4 Å². The summed E-state index contributed by atoms with van der Waals surface area (Å²) in [6.45, 7) is 1.06. The van der Waals surface area contributed by atoms with E-state index in [1.165, 1.54) is 24.4 Å². The Bertz CT molecular complexity index is 903. The van der Waals surface area contributed by atoms with Crippen molar-refractivity contribution in [3.8, 4) is 0 Å². The van der Waals surface area contributed by atoms with Crippen LogP contribution in [0.1, 0.15) is 37.1 Å². The normalized spacial score (nSPS) is 27.3. The quantitative estimate of drug-likeness (QED) is 0.863. The van der Waals surface area contributed by atoms with Crippen LogP contribution in [0.25, 0.3) is 0 Å². The summed E-state index contributed by atoms with van der Waals surface area (Å²) < 4.78 is 48.7. The molecule has 150 valence electrons. The smallest absolute Gasteiger partial charge is 0.351 e. The summed E-state index contributed by atoms with van der Waals surface area (Å²) in [6.07, 6.45) is 0.0646. The third kappa shape index (κ3) is 3.64. The molecule has 0 amide bonds. The second-order valence-corrected chi connectivity index (χ2v) is 7.32. The minimum absolute atomic E-state index is 0.0293.